The maximum absolute atomic E-state index is 12.6. The number of hydrogen-bond donors (Lipinski definition) is 1. The number of carbonyl (C=O) groups is 1. The van der Waals surface area contributed by atoms with Crippen LogP contribution < -0.4 is 10.9 Å². The second kappa shape index (κ2) is 6.49. The average Bonchev–Trinajstić information content (AvgIpc) is 3.14. The van der Waals surface area contributed by atoms with E-state index in [1.54, 1.807) is 30.6 Å². The molecule has 3 heterocycles. The Bertz CT molecular complexity index is 936. The van der Waals surface area contributed by atoms with Crippen molar-refractivity contribution < 1.29 is 4.79 Å². The van der Waals surface area contributed by atoms with Gasteiger partial charge in [0, 0.05) is 35.6 Å². The molecule has 3 rings (SSSR count). The Morgan fingerprint density at radius 2 is 2.04 bits per heavy atom. The molecular weight excluding hydrogens is 322 g/mol. The highest BCUT2D eigenvalue weighted by molar-refractivity contribution is 7.09. The van der Waals surface area contributed by atoms with Gasteiger partial charge < -0.3 is 14.5 Å². The van der Waals surface area contributed by atoms with Gasteiger partial charge in [-0.2, -0.15) is 0 Å². The Kier molecular flexibility index (Phi) is 4.40. The molecule has 0 aromatic carbocycles. The van der Waals surface area contributed by atoms with Gasteiger partial charge in [-0.05, 0) is 37.4 Å². The number of pyridine rings is 1. The largest absolute Gasteiger partial charge is 0.343 e. The van der Waals surface area contributed by atoms with Crippen molar-refractivity contribution in [1.82, 2.24) is 9.13 Å². The summed E-state index contributed by atoms with van der Waals surface area (Å²) in [4.78, 5) is 25.3. The number of carbonyl (C=O) groups excluding carboxylic acids is 1. The first-order valence-electron chi connectivity index (χ1n) is 7.63. The quantitative estimate of drug-likeness (QED) is 0.792. The van der Waals surface area contributed by atoms with Crippen LogP contribution in [0.25, 0.3) is 0 Å². The van der Waals surface area contributed by atoms with E-state index >= 15 is 0 Å². The van der Waals surface area contributed by atoms with Gasteiger partial charge in [-0.25, -0.2) is 0 Å². The zero-order valence-corrected chi connectivity index (χ0v) is 14.7. The molecule has 5 nitrogen and oxygen atoms in total. The Morgan fingerprint density at radius 3 is 2.71 bits per heavy atom. The summed E-state index contributed by atoms with van der Waals surface area (Å²) in [6.07, 6.45) is 1.62. The molecule has 0 fully saturated rings. The van der Waals surface area contributed by atoms with E-state index in [4.69, 9.17) is 0 Å². The van der Waals surface area contributed by atoms with Crippen molar-refractivity contribution in [1.29, 1.82) is 0 Å². The predicted octanol–water partition coefficient (Wildman–Crippen LogP) is 3.17. The van der Waals surface area contributed by atoms with Gasteiger partial charge in [-0.3, -0.25) is 9.59 Å². The lowest BCUT2D eigenvalue weighted by Gasteiger charge is -2.09. The number of anilines is 1. The summed E-state index contributed by atoms with van der Waals surface area (Å²) in [5, 5.41) is 4.91. The molecule has 0 atom stereocenters. The van der Waals surface area contributed by atoms with Crippen molar-refractivity contribution in [3.05, 3.63) is 74.1 Å². The van der Waals surface area contributed by atoms with Crippen LogP contribution in [0.4, 0.5) is 5.69 Å². The highest BCUT2D eigenvalue weighted by Gasteiger charge is 2.16. The predicted molar refractivity (Wildman–Crippen MR) is 97.0 cm³/mol. The molecule has 1 N–H and O–H groups in total. The van der Waals surface area contributed by atoms with E-state index in [1.165, 1.54) is 15.5 Å². The van der Waals surface area contributed by atoms with Crippen LogP contribution in [0.2, 0.25) is 0 Å². The number of nitrogens with zero attached hydrogens (tertiary/aromatic N) is 2. The summed E-state index contributed by atoms with van der Waals surface area (Å²) in [6, 6.07) is 9.08. The van der Waals surface area contributed by atoms with Crippen LogP contribution in [-0.2, 0) is 13.6 Å². The van der Waals surface area contributed by atoms with Gasteiger partial charge in [-0.1, -0.05) is 6.07 Å². The van der Waals surface area contributed by atoms with E-state index in [0.717, 1.165) is 17.9 Å². The third-order valence-electron chi connectivity index (χ3n) is 4.06. The van der Waals surface area contributed by atoms with Crippen LogP contribution in [0.3, 0.4) is 0 Å². The second-order valence-corrected chi connectivity index (χ2v) is 6.80. The monoisotopic (exact) mass is 341 g/mol. The minimum Gasteiger partial charge on any atom is -0.343 e. The van der Waals surface area contributed by atoms with E-state index in [1.807, 2.05) is 26.0 Å². The SMILES string of the molecule is Cc1cc(C(=O)Nc2ccc(=O)n(C)c2)c(C)n1Cc1cccs1. The van der Waals surface area contributed by atoms with Gasteiger partial charge in [0.1, 0.15) is 0 Å². The van der Waals surface area contributed by atoms with Crippen LogP contribution >= 0.6 is 11.3 Å². The van der Waals surface area contributed by atoms with Crippen molar-refractivity contribution in [3.63, 3.8) is 0 Å². The highest BCUT2D eigenvalue weighted by atomic mass is 32.1. The Morgan fingerprint density at radius 1 is 1.25 bits per heavy atom. The molecule has 0 aliphatic carbocycles. The average molecular weight is 341 g/mol. The number of rotatable bonds is 4. The number of nitrogens with one attached hydrogen (secondary N) is 1. The lowest BCUT2D eigenvalue weighted by atomic mass is 10.2. The van der Waals surface area contributed by atoms with Crippen molar-refractivity contribution >= 4 is 22.9 Å². The molecular formula is C18H19N3O2S. The molecule has 0 radical (unpaired) electrons. The van der Waals surface area contributed by atoms with Gasteiger partial charge >= 0.3 is 0 Å². The van der Waals surface area contributed by atoms with Crippen LogP contribution in [-0.4, -0.2) is 15.0 Å². The highest BCUT2D eigenvalue weighted by Crippen LogP contribution is 2.20. The molecule has 1 amide bonds. The number of aryl methyl sites for hydroxylation is 2. The molecule has 124 valence electrons. The topological polar surface area (TPSA) is 56.0 Å². The molecule has 0 spiro atoms. The fourth-order valence-corrected chi connectivity index (χ4v) is 3.39. The molecule has 24 heavy (non-hydrogen) atoms. The molecule has 0 saturated heterocycles. The van der Waals surface area contributed by atoms with Crippen molar-refractivity contribution in [2.24, 2.45) is 7.05 Å². The van der Waals surface area contributed by atoms with Crippen LogP contribution in [0, 0.1) is 13.8 Å². The van der Waals surface area contributed by atoms with E-state index in [-0.39, 0.29) is 11.5 Å². The summed E-state index contributed by atoms with van der Waals surface area (Å²) < 4.78 is 3.58. The summed E-state index contributed by atoms with van der Waals surface area (Å²) in [7, 11) is 1.66. The van der Waals surface area contributed by atoms with Crippen LogP contribution in [0.1, 0.15) is 26.6 Å². The third-order valence-corrected chi connectivity index (χ3v) is 4.92. The van der Waals surface area contributed by atoms with E-state index in [9.17, 15) is 9.59 Å². The molecule has 3 aromatic heterocycles. The second-order valence-electron chi connectivity index (χ2n) is 5.77. The minimum absolute atomic E-state index is 0.109. The van der Waals surface area contributed by atoms with Gasteiger partial charge in [0.25, 0.3) is 5.91 Å². The van der Waals surface area contributed by atoms with Gasteiger partial charge in [0.2, 0.25) is 5.56 Å². The molecule has 0 bridgehead atoms. The van der Waals surface area contributed by atoms with Gasteiger partial charge in [0.05, 0.1) is 17.8 Å². The van der Waals surface area contributed by atoms with Crippen molar-refractivity contribution in [3.8, 4) is 0 Å². The third kappa shape index (κ3) is 3.19. The molecule has 0 aliphatic rings. The lowest BCUT2D eigenvalue weighted by Crippen LogP contribution is -2.18. The number of thiophene rings is 1. The number of amides is 1. The zero-order valence-electron chi connectivity index (χ0n) is 13.9. The van der Waals surface area contributed by atoms with Crippen molar-refractivity contribution in [2.75, 3.05) is 5.32 Å². The first-order chi connectivity index (χ1) is 11.5. The molecule has 0 aliphatic heterocycles. The van der Waals surface area contributed by atoms with Crippen LogP contribution in [0.5, 0.6) is 0 Å². The van der Waals surface area contributed by atoms with Gasteiger partial charge in [-0.15, -0.1) is 11.3 Å². The molecule has 6 heteroatoms. The fourth-order valence-electron chi connectivity index (χ4n) is 2.70. The maximum atomic E-state index is 12.6. The van der Waals surface area contributed by atoms with Gasteiger partial charge in [0.15, 0.2) is 0 Å². The van der Waals surface area contributed by atoms with Crippen LogP contribution in [0.15, 0.2) is 46.7 Å². The van der Waals surface area contributed by atoms with E-state index < -0.39 is 0 Å². The number of aromatic nitrogens is 2. The normalized spacial score (nSPS) is 10.8. The standard InChI is InChI=1S/C18H19N3O2S/c1-12-9-16(13(2)21(12)11-15-5-4-8-24-15)18(23)19-14-6-7-17(22)20(3)10-14/h4-10H,11H2,1-3H3,(H,19,23). The molecule has 0 unspecified atom stereocenters. The smallest absolute Gasteiger partial charge is 0.257 e. The first kappa shape index (κ1) is 16.3. The maximum Gasteiger partial charge on any atom is 0.257 e. The fraction of sp³-hybridized carbons (Fsp3) is 0.222. The van der Waals surface area contributed by atoms with E-state index in [0.29, 0.717) is 11.3 Å². The Balaban J connectivity index is 1.85. The summed E-state index contributed by atoms with van der Waals surface area (Å²) in [5.41, 5.74) is 3.12. The first-order valence-corrected chi connectivity index (χ1v) is 8.51. The summed E-state index contributed by atoms with van der Waals surface area (Å²) in [5.74, 6) is -0.167. The Labute approximate surface area is 144 Å². The molecule has 0 saturated carbocycles. The summed E-state index contributed by atoms with van der Waals surface area (Å²) in [6.45, 7) is 4.72. The number of hydrogen-bond acceptors (Lipinski definition) is 3. The zero-order chi connectivity index (χ0) is 17.3. The van der Waals surface area contributed by atoms with E-state index in [2.05, 4.69) is 21.3 Å². The minimum atomic E-state index is -0.167. The summed E-state index contributed by atoms with van der Waals surface area (Å²) >= 11 is 1.70. The van der Waals surface area contributed by atoms with Crippen molar-refractivity contribution in [2.45, 2.75) is 20.4 Å². The lowest BCUT2D eigenvalue weighted by molar-refractivity contribution is 0.102. The Hall–Kier alpha value is -2.60. The molecule has 3 aromatic rings.